The van der Waals surface area contributed by atoms with Crippen molar-refractivity contribution in [3.63, 3.8) is 0 Å². The van der Waals surface area contributed by atoms with Gasteiger partial charge in [0.2, 0.25) is 0 Å². The van der Waals surface area contributed by atoms with Crippen molar-refractivity contribution in [3.05, 3.63) is 58.4 Å². The highest BCUT2D eigenvalue weighted by Gasteiger charge is 2.46. The fraction of sp³-hybridized carbons (Fsp3) is 0.455. The number of rotatable bonds is 3. The maximum Gasteiger partial charge on any atom is 0.280 e. The number of carbonyl (C=O) groups excluding carboxylic acids is 1. The number of piperidine rings is 1. The molecule has 0 radical (unpaired) electrons. The van der Waals surface area contributed by atoms with Gasteiger partial charge in [0.1, 0.15) is 17.8 Å². The van der Waals surface area contributed by atoms with Crippen molar-refractivity contribution in [1.82, 2.24) is 24.5 Å². The number of benzene rings is 1. The van der Waals surface area contributed by atoms with Gasteiger partial charge in [0.25, 0.3) is 18.1 Å². The Hall–Kier alpha value is -1.92. The molecule has 0 unspecified atom stereocenters. The summed E-state index contributed by atoms with van der Waals surface area (Å²) >= 11 is 0. The summed E-state index contributed by atoms with van der Waals surface area (Å²) in [5.74, 6) is -0.465. The molecular formula is C22H28F3N5OS3. The van der Waals surface area contributed by atoms with Gasteiger partial charge in [0, 0.05) is 23.6 Å². The third-order valence-electron chi connectivity index (χ3n) is 6.64. The number of carbonyl (C=O) groups is 1. The molecule has 0 N–H and O–H groups in total. The van der Waals surface area contributed by atoms with Crippen molar-refractivity contribution in [2.75, 3.05) is 0 Å². The van der Waals surface area contributed by atoms with Crippen molar-refractivity contribution in [2.24, 2.45) is 0 Å². The van der Waals surface area contributed by atoms with Crippen LogP contribution in [-0.2, 0) is 0 Å². The van der Waals surface area contributed by atoms with Gasteiger partial charge in [-0.3, -0.25) is 4.79 Å². The lowest BCUT2D eigenvalue weighted by Crippen LogP contribution is -2.47. The fourth-order valence-corrected chi connectivity index (χ4v) is 5.26. The van der Waals surface area contributed by atoms with Gasteiger partial charge in [0.15, 0.2) is 0 Å². The first-order valence-electron chi connectivity index (χ1n) is 10.4. The van der Waals surface area contributed by atoms with Crippen LogP contribution in [0.25, 0.3) is 5.78 Å². The average molecular weight is 532 g/mol. The zero-order valence-corrected chi connectivity index (χ0v) is 21.7. The Bertz CT molecular complexity index is 1170. The molecule has 2 aliphatic heterocycles. The van der Waals surface area contributed by atoms with E-state index < -0.39 is 6.43 Å². The van der Waals surface area contributed by atoms with E-state index in [9.17, 15) is 18.0 Å². The van der Waals surface area contributed by atoms with Gasteiger partial charge in [-0.2, -0.15) is 50.6 Å². The minimum Gasteiger partial charge on any atom is -0.332 e. The van der Waals surface area contributed by atoms with Crippen LogP contribution in [0.5, 0.6) is 0 Å². The highest BCUT2D eigenvalue weighted by molar-refractivity contribution is 7.59. The van der Waals surface area contributed by atoms with Gasteiger partial charge in [-0.15, -0.1) is 0 Å². The maximum atomic E-state index is 14.1. The second-order valence-electron chi connectivity index (χ2n) is 8.50. The van der Waals surface area contributed by atoms with Crippen LogP contribution >= 0.6 is 40.5 Å². The summed E-state index contributed by atoms with van der Waals surface area (Å²) in [4.78, 5) is 23.3. The maximum absolute atomic E-state index is 14.1. The van der Waals surface area contributed by atoms with Crippen LogP contribution in [0, 0.1) is 19.7 Å². The topological polar surface area (TPSA) is 63.4 Å². The monoisotopic (exact) mass is 531 g/mol. The molecule has 4 heterocycles. The molecule has 186 valence electrons. The number of hydrogen-bond donors (Lipinski definition) is 0. The summed E-state index contributed by atoms with van der Waals surface area (Å²) < 4.78 is 42.5. The highest BCUT2D eigenvalue weighted by Crippen LogP contribution is 2.45. The summed E-state index contributed by atoms with van der Waals surface area (Å²) in [7, 11) is 0. The Morgan fingerprint density at radius 3 is 2.32 bits per heavy atom. The number of alkyl halides is 2. The van der Waals surface area contributed by atoms with Crippen LogP contribution in [0.2, 0.25) is 0 Å². The number of amides is 1. The van der Waals surface area contributed by atoms with Gasteiger partial charge in [0.05, 0.1) is 5.69 Å². The Labute approximate surface area is 216 Å². The van der Waals surface area contributed by atoms with E-state index in [-0.39, 0.29) is 81.7 Å². The van der Waals surface area contributed by atoms with Crippen molar-refractivity contribution in [1.29, 1.82) is 0 Å². The number of fused-ring (bicyclic) bond motifs is 3. The molecule has 2 bridgehead atoms. The average Bonchev–Trinajstić information content (AvgIpc) is 3.33. The molecule has 0 saturated carbocycles. The second-order valence-corrected chi connectivity index (χ2v) is 8.50. The van der Waals surface area contributed by atoms with E-state index in [1.807, 2.05) is 4.90 Å². The minimum absolute atomic E-state index is 0. The highest BCUT2D eigenvalue weighted by atomic mass is 32.1. The largest absolute Gasteiger partial charge is 0.332 e. The zero-order valence-electron chi connectivity index (χ0n) is 18.7. The van der Waals surface area contributed by atoms with Gasteiger partial charge in [-0.1, -0.05) is 0 Å². The first kappa shape index (κ1) is 28.3. The van der Waals surface area contributed by atoms with E-state index in [0.29, 0.717) is 22.4 Å². The molecule has 2 fully saturated rings. The predicted octanol–water partition coefficient (Wildman–Crippen LogP) is 4.71. The Kier molecular flexibility index (Phi) is 8.98. The zero-order chi connectivity index (χ0) is 21.9. The van der Waals surface area contributed by atoms with E-state index in [0.717, 1.165) is 25.7 Å². The lowest BCUT2D eigenvalue weighted by molar-refractivity contribution is 0.0553. The number of aromatic nitrogens is 4. The normalized spacial score (nSPS) is 21.1. The summed E-state index contributed by atoms with van der Waals surface area (Å²) in [6.45, 7) is 3.30. The van der Waals surface area contributed by atoms with Crippen LogP contribution in [0.4, 0.5) is 13.2 Å². The van der Waals surface area contributed by atoms with Crippen LogP contribution < -0.4 is 0 Å². The number of halogens is 3. The molecule has 2 aromatic heterocycles. The van der Waals surface area contributed by atoms with E-state index >= 15 is 0 Å². The standard InChI is InChI=1S/C22H22F3N5O.3H2S/c1-11-7-13(8-12(2)19(11)23)21(31)29-14-3-5-15(17(29)6-4-14)18-9-16(20(24)25)28-22-26-10-27-30(18)22;;;/h7-10,14-15,17,20H,3-6H2,1-2H3;3*1H2/t14-,15-,17-;;;/m0.../s1. The lowest BCUT2D eigenvalue weighted by atomic mass is 9.86. The Morgan fingerprint density at radius 2 is 1.68 bits per heavy atom. The predicted molar refractivity (Wildman–Crippen MR) is 138 cm³/mol. The van der Waals surface area contributed by atoms with Gasteiger partial charge in [-0.25, -0.2) is 22.7 Å². The molecule has 1 aromatic carbocycles. The molecule has 12 heteroatoms. The number of nitrogens with zero attached hydrogens (tertiary/aromatic N) is 5. The first-order chi connectivity index (χ1) is 14.8. The summed E-state index contributed by atoms with van der Waals surface area (Å²) in [5, 5.41) is 4.19. The summed E-state index contributed by atoms with van der Waals surface area (Å²) in [6.07, 6.45) is 1.76. The van der Waals surface area contributed by atoms with E-state index in [1.165, 1.54) is 16.9 Å². The Balaban J connectivity index is 0.00000136. The van der Waals surface area contributed by atoms with Crippen LogP contribution in [-0.4, -0.2) is 42.5 Å². The molecule has 3 aromatic rings. The SMILES string of the molecule is Cc1cc(C(=O)N2[C@H]3CC[C@H](c4cc(C(F)F)nc5ncnn45)[C@@H]2CC3)cc(C)c1F.S.S.S. The molecule has 34 heavy (non-hydrogen) atoms. The van der Waals surface area contributed by atoms with Crippen molar-refractivity contribution in [3.8, 4) is 0 Å². The van der Waals surface area contributed by atoms with Crippen LogP contribution in [0.3, 0.4) is 0 Å². The number of aryl methyl sites for hydroxylation is 2. The molecule has 2 saturated heterocycles. The molecule has 0 spiro atoms. The van der Waals surface area contributed by atoms with Gasteiger partial charge >= 0.3 is 0 Å². The first-order valence-corrected chi connectivity index (χ1v) is 10.4. The number of hydrogen-bond acceptors (Lipinski definition) is 4. The molecule has 5 rings (SSSR count). The van der Waals surface area contributed by atoms with Crippen molar-refractivity contribution >= 4 is 52.2 Å². The molecule has 1 amide bonds. The smallest absolute Gasteiger partial charge is 0.280 e. The Morgan fingerprint density at radius 1 is 1.03 bits per heavy atom. The van der Waals surface area contributed by atoms with Crippen molar-refractivity contribution in [2.45, 2.75) is 64.0 Å². The molecule has 2 aliphatic rings. The fourth-order valence-electron chi connectivity index (χ4n) is 5.26. The van der Waals surface area contributed by atoms with Crippen LogP contribution in [0.1, 0.15) is 70.9 Å². The minimum atomic E-state index is -2.72. The quantitative estimate of drug-likeness (QED) is 0.491. The molecular weight excluding hydrogens is 503 g/mol. The molecule has 0 aliphatic carbocycles. The van der Waals surface area contributed by atoms with E-state index in [1.54, 1.807) is 26.0 Å². The summed E-state index contributed by atoms with van der Waals surface area (Å²) in [6, 6.07) is 4.53. The lowest BCUT2D eigenvalue weighted by Gasteiger charge is -2.40. The van der Waals surface area contributed by atoms with Gasteiger partial charge < -0.3 is 4.90 Å². The van der Waals surface area contributed by atoms with E-state index in [4.69, 9.17) is 0 Å². The third kappa shape index (κ3) is 4.64. The van der Waals surface area contributed by atoms with Crippen LogP contribution in [0.15, 0.2) is 24.5 Å². The molecule has 6 nitrogen and oxygen atoms in total. The second kappa shape index (κ2) is 10.8. The third-order valence-corrected chi connectivity index (χ3v) is 6.64. The molecule has 3 atom stereocenters. The van der Waals surface area contributed by atoms with Gasteiger partial charge in [-0.05, 0) is 68.9 Å². The summed E-state index contributed by atoms with van der Waals surface area (Å²) in [5.41, 5.74) is 1.60. The van der Waals surface area contributed by atoms with Crippen molar-refractivity contribution < 1.29 is 18.0 Å². The van der Waals surface area contributed by atoms with E-state index in [2.05, 4.69) is 15.1 Å².